The van der Waals surface area contributed by atoms with E-state index in [0.29, 0.717) is 11.8 Å². The molecule has 3 aliphatic rings. The predicted octanol–water partition coefficient (Wildman–Crippen LogP) is -1.43. The molecular formula is C6H10O4Si. The molecule has 3 aliphatic heterocycles. The van der Waals surface area contributed by atoms with Crippen molar-refractivity contribution in [1.82, 2.24) is 0 Å². The first kappa shape index (κ1) is 6.56. The van der Waals surface area contributed by atoms with Crippen LogP contribution in [0.2, 0.25) is 0 Å². The van der Waals surface area contributed by atoms with E-state index in [2.05, 4.69) is 0 Å². The highest BCUT2D eigenvalue weighted by atomic mass is 28.2. The van der Waals surface area contributed by atoms with Gasteiger partial charge in [0.25, 0.3) is 0 Å². The molecule has 0 amide bonds. The Hall–Kier alpha value is 0.0569. The average molecular weight is 174 g/mol. The van der Waals surface area contributed by atoms with Crippen LogP contribution in [-0.4, -0.2) is 47.2 Å². The molecule has 11 heavy (non-hydrogen) atoms. The number of ether oxygens (including phenoxy) is 3. The second-order valence-corrected chi connectivity index (χ2v) is 4.59. The third-order valence-electron chi connectivity index (χ3n) is 2.17. The average Bonchev–Trinajstić information content (AvgIpc) is 2.90. The van der Waals surface area contributed by atoms with Crippen LogP contribution in [0.25, 0.3) is 0 Å². The van der Waals surface area contributed by atoms with Crippen molar-refractivity contribution >= 4 is 9.76 Å². The second-order valence-electron chi connectivity index (χ2n) is 3.12. The quantitative estimate of drug-likeness (QED) is 0.380. The van der Waals surface area contributed by atoms with Gasteiger partial charge in [-0.05, 0) is 0 Å². The van der Waals surface area contributed by atoms with Crippen LogP contribution in [0.1, 0.15) is 0 Å². The Balaban J connectivity index is 1.58. The SMILES string of the molecule is C1OC1C1O[SiH2]C(C2CO2)O1. The molecule has 4 unspecified atom stereocenters. The smallest absolute Gasteiger partial charge is 0.197 e. The van der Waals surface area contributed by atoms with E-state index in [1.165, 1.54) is 0 Å². The fourth-order valence-electron chi connectivity index (χ4n) is 1.31. The van der Waals surface area contributed by atoms with Gasteiger partial charge in [-0.2, -0.15) is 0 Å². The Morgan fingerprint density at radius 2 is 1.82 bits per heavy atom. The minimum absolute atomic E-state index is 0.0594. The number of hydrogen-bond donors (Lipinski definition) is 0. The highest BCUT2D eigenvalue weighted by molar-refractivity contribution is 6.30. The molecule has 3 saturated heterocycles. The molecule has 4 nitrogen and oxygen atoms in total. The van der Waals surface area contributed by atoms with E-state index in [4.69, 9.17) is 18.6 Å². The molecule has 3 heterocycles. The lowest BCUT2D eigenvalue weighted by atomic mass is 10.4. The molecule has 4 atom stereocenters. The maximum Gasteiger partial charge on any atom is 0.197 e. The Morgan fingerprint density at radius 1 is 1.09 bits per heavy atom. The van der Waals surface area contributed by atoms with Gasteiger partial charge in [-0.3, -0.25) is 0 Å². The highest BCUT2D eigenvalue weighted by Gasteiger charge is 2.46. The molecule has 0 radical (unpaired) electrons. The lowest BCUT2D eigenvalue weighted by Crippen LogP contribution is -2.22. The molecule has 0 aliphatic carbocycles. The minimum atomic E-state index is -0.505. The van der Waals surface area contributed by atoms with Crippen molar-refractivity contribution in [1.29, 1.82) is 0 Å². The van der Waals surface area contributed by atoms with E-state index in [1.807, 2.05) is 0 Å². The summed E-state index contributed by atoms with van der Waals surface area (Å²) in [5, 5.41) is 0. The largest absolute Gasteiger partial charge is 0.395 e. The molecule has 0 saturated carbocycles. The van der Waals surface area contributed by atoms with Gasteiger partial charge in [-0.1, -0.05) is 0 Å². The molecule has 62 valence electrons. The van der Waals surface area contributed by atoms with E-state index < -0.39 is 9.76 Å². The van der Waals surface area contributed by atoms with Crippen molar-refractivity contribution in [2.75, 3.05) is 13.2 Å². The van der Waals surface area contributed by atoms with Gasteiger partial charge in [0.1, 0.15) is 17.9 Å². The Kier molecular flexibility index (Phi) is 1.35. The lowest BCUT2D eigenvalue weighted by Gasteiger charge is -2.06. The van der Waals surface area contributed by atoms with Gasteiger partial charge in [-0.25, -0.2) is 0 Å². The summed E-state index contributed by atoms with van der Waals surface area (Å²) in [6.07, 6.45) is 0.521. The Bertz CT molecular complexity index is 150. The zero-order valence-corrected chi connectivity index (χ0v) is 7.48. The Morgan fingerprint density at radius 3 is 2.45 bits per heavy atom. The van der Waals surface area contributed by atoms with Crippen molar-refractivity contribution in [2.24, 2.45) is 0 Å². The van der Waals surface area contributed by atoms with Gasteiger partial charge < -0.3 is 18.6 Å². The first-order valence-electron chi connectivity index (χ1n) is 3.94. The van der Waals surface area contributed by atoms with Crippen LogP contribution >= 0.6 is 0 Å². The maximum atomic E-state index is 5.60. The summed E-state index contributed by atoms with van der Waals surface area (Å²) in [4.78, 5) is 0. The first-order chi connectivity index (χ1) is 5.43. The van der Waals surface area contributed by atoms with Gasteiger partial charge >= 0.3 is 0 Å². The topological polar surface area (TPSA) is 43.5 Å². The zero-order valence-electron chi connectivity index (χ0n) is 6.06. The van der Waals surface area contributed by atoms with Crippen LogP contribution in [0.15, 0.2) is 0 Å². The summed E-state index contributed by atoms with van der Waals surface area (Å²) < 4.78 is 21.3. The summed E-state index contributed by atoms with van der Waals surface area (Å²) in [6, 6.07) is 0. The van der Waals surface area contributed by atoms with Gasteiger partial charge in [0.15, 0.2) is 16.1 Å². The summed E-state index contributed by atoms with van der Waals surface area (Å²) in [5.41, 5.74) is 0.296. The fourth-order valence-corrected chi connectivity index (χ4v) is 2.74. The van der Waals surface area contributed by atoms with Crippen molar-refractivity contribution in [3.8, 4) is 0 Å². The van der Waals surface area contributed by atoms with E-state index in [1.54, 1.807) is 0 Å². The minimum Gasteiger partial charge on any atom is -0.395 e. The molecule has 0 spiro atoms. The highest BCUT2D eigenvalue weighted by Crippen LogP contribution is 2.28. The molecular weight excluding hydrogens is 164 g/mol. The fraction of sp³-hybridized carbons (Fsp3) is 1.00. The summed E-state index contributed by atoms with van der Waals surface area (Å²) >= 11 is 0. The number of rotatable bonds is 2. The van der Waals surface area contributed by atoms with Crippen molar-refractivity contribution in [3.63, 3.8) is 0 Å². The second kappa shape index (κ2) is 2.27. The van der Waals surface area contributed by atoms with Crippen LogP contribution in [-0.2, 0) is 18.6 Å². The molecule has 5 heteroatoms. The molecule has 3 rings (SSSR count). The zero-order chi connectivity index (χ0) is 7.26. The predicted molar refractivity (Wildman–Crippen MR) is 37.8 cm³/mol. The van der Waals surface area contributed by atoms with E-state index >= 15 is 0 Å². The number of epoxide rings is 2. The molecule has 0 N–H and O–H groups in total. The third kappa shape index (κ3) is 1.23. The van der Waals surface area contributed by atoms with Gasteiger partial charge in [-0.15, -0.1) is 0 Å². The Labute approximate surface area is 66.7 Å². The summed E-state index contributed by atoms with van der Waals surface area (Å²) in [5.74, 6) is 0. The normalized spacial score (nSPS) is 56.7. The monoisotopic (exact) mass is 174 g/mol. The van der Waals surface area contributed by atoms with E-state index in [-0.39, 0.29) is 12.4 Å². The summed E-state index contributed by atoms with van der Waals surface area (Å²) in [7, 11) is -0.505. The standard InChI is InChI=1S/C6H10O4Si/c1-3(7-1)5-9-6(11-10-5)4-2-8-4/h3-6H,1-2,11H2. The van der Waals surface area contributed by atoms with Crippen LogP contribution in [0.5, 0.6) is 0 Å². The van der Waals surface area contributed by atoms with Gasteiger partial charge in [0.2, 0.25) is 0 Å². The van der Waals surface area contributed by atoms with E-state index in [0.717, 1.165) is 13.2 Å². The van der Waals surface area contributed by atoms with Crippen LogP contribution in [0, 0.1) is 0 Å². The third-order valence-corrected chi connectivity index (χ3v) is 3.74. The van der Waals surface area contributed by atoms with Crippen molar-refractivity contribution in [3.05, 3.63) is 0 Å². The van der Waals surface area contributed by atoms with Crippen LogP contribution in [0.4, 0.5) is 0 Å². The summed E-state index contributed by atoms with van der Waals surface area (Å²) in [6.45, 7) is 1.66. The van der Waals surface area contributed by atoms with Crippen LogP contribution in [0.3, 0.4) is 0 Å². The molecule has 3 fully saturated rings. The van der Waals surface area contributed by atoms with E-state index in [9.17, 15) is 0 Å². The maximum absolute atomic E-state index is 5.60. The van der Waals surface area contributed by atoms with Crippen molar-refractivity contribution < 1.29 is 18.6 Å². The van der Waals surface area contributed by atoms with Crippen LogP contribution < -0.4 is 0 Å². The van der Waals surface area contributed by atoms with Gasteiger partial charge in [0.05, 0.1) is 13.2 Å². The molecule has 0 aromatic rings. The molecule has 0 aromatic heterocycles. The van der Waals surface area contributed by atoms with Crippen molar-refractivity contribution in [2.45, 2.75) is 24.2 Å². The lowest BCUT2D eigenvalue weighted by molar-refractivity contribution is -0.0679. The first-order valence-corrected chi connectivity index (χ1v) is 5.33. The number of hydrogen-bond acceptors (Lipinski definition) is 4. The molecule has 0 bridgehead atoms. The van der Waals surface area contributed by atoms with Gasteiger partial charge in [0, 0.05) is 0 Å². The molecule has 0 aromatic carbocycles.